The van der Waals surface area contributed by atoms with Crippen molar-refractivity contribution in [2.24, 2.45) is 7.05 Å². The van der Waals surface area contributed by atoms with Crippen LogP contribution in [0.3, 0.4) is 0 Å². The fourth-order valence-corrected chi connectivity index (χ4v) is 5.39. The summed E-state index contributed by atoms with van der Waals surface area (Å²) < 4.78 is 19.9. The molecule has 208 valence electrons. The zero-order chi connectivity index (χ0) is 28.7. The average molecular weight is 582 g/mol. The third-order valence-corrected chi connectivity index (χ3v) is 7.59. The van der Waals surface area contributed by atoms with Gasteiger partial charge in [-0.3, -0.25) is 18.9 Å². The number of halogens is 2. The Kier molecular flexibility index (Phi) is 7.72. The van der Waals surface area contributed by atoms with Crippen LogP contribution in [0.2, 0.25) is 5.15 Å². The number of carbonyl (C=O) groups is 1. The fourth-order valence-electron chi connectivity index (χ4n) is 4.88. The van der Waals surface area contributed by atoms with E-state index in [1.54, 1.807) is 34.1 Å². The van der Waals surface area contributed by atoms with E-state index in [0.717, 1.165) is 34.4 Å². The number of aryl methyl sites for hydroxylation is 1. The Balaban J connectivity index is 1.54. The summed E-state index contributed by atoms with van der Waals surface area (Å²) in [7, 11) is 5.32. The zero-order valence-electron chi connectivity index (χ0n) is 22.7. The Labute approximate surface area is 240 Å². The molecule has 4 aromatic rings. The number of nitrogens with zero attached hydrogens (tertiary/aromatic N) is 5. The molecule has 9 nitrogen and oxygen atoms in total. The molecule has 12 heteroatoms. The maximum Gasteiger partial charge on any atom is 0.282 e. The molecule has 1 unspecified atom stereocenters. The van der Waals surface area contributed by atoms with E-state index in [-0.39, 0.29) is 28.3 Å². The van der Waals surface area contributed by atoms with Crippen LogP contribution in [0.4, 0.5) is 16.0 Å². The summed E-state index contributed by atoms with van der Waals surface area (Å²) in [6.45, 7) is 4.84. The highest BCUT2D eigenvalue weighted by molar-refractivity contribution is 7.95. The van der Waals surface area contributed by atoms with Gasteiger partial charge in [-0.15, -0.1) is 0 Å². The van der Waals surface area contributed by atoms with Crippen molar-refractivity contribution < 1.29 is 9.18 Å². The number of hydrogen-bond donors (Lipinski definition) is 2. The van der Waals surface area contributed by atoms with Gasteiger partial charge in [0, 0.05) is 37.8 Å². The van der Waals surface area contributed by atoms with Gasteiger partial charge in [-0.05, 0) is 75.0 Å². The first kappa shape index (κ1) is 27.9. The quantitative estimate of drug-likeness (QED) is 0.233. The number of pyridine rings is 1. The van der Waals surface area contributed by atoms with Gasteiger partial charge < -0.3 is 10.2 Å². The molecule has 3 heterocycles. The van der Waals surface area contributed by atoms with Crippen molar-refractivity contribution in [2.75, 3.05) is 24.3 Å². The lowest BCUT2D eigenvalue weighted by molar-refractivity contribution is 0.0979. The number of amides is 1. The minimum Gasteiger partial charge on any atom is -0.377 e. The second-order valence-electron chi connectivity index (χ2n) is 10.0. The van der Waals surface area contributed by atoms with E-state index in [1.807, 2.05) is 45.0 Å². The molecule has 2 N–H and O–H groups in total. The molecule has 5 rings (SSSR count). The maximum absolute atomic E-state index is 13.8. The van der Waals surface area contributed by atoms with Crippen molar-refractivity contribution in [3.05, 3.63) is 91.7 Å². The van der Waals surface area contributed by atoms with Crippen molar-refractivity contribution in [2.45, 2.75) is 33.0 Å². The molecular formula is C28H29ClFN7O2S. The first-order valence-electron chi connectivity index (χ1n) is 12.6. The summed E-state index contributed by atoms with van der Waals surface area (Å²) >= 11 is 7.25. The molecule has 0 saturated heterocycles. The predicted octanol–water partition coefficient (Wildman–Crippen LogP) is 4.98. The van der Waals surface area contributed by atoms with Gasteiger partial charge in [0.05, 0.1) is 22.6 Å². The molecule has 0 aliphatic carbocycles. The smallest absolute Gasteiger partial charge is 0.282 e. The predicted molar refractivity (Wildman–Crippen MR) is 158 cm³/mol. The largest absolute Gasteiger partial charge is 0.377 e. The van der Waals surface area contributed by atoms with E-state index >= 15 is 0 Å². The molecule has 1 aliphatic heterocycles. The summed E-state index contributed by atoms with van der Waals surface area (Å²) in [4.78, 5) is 37.7. The second kappa shape index (κ2) is 11.1. The summed E-state index contributed by atoms with van der Waals surface area (Å²) in [6.07, 6.45) is 0. The number of nitrogens with one attached hydrogen (secondary N) is 2. The topological polar surface area (TPSA) is 95.4 Å². The number of rotatable bonds is 7. The summed E-state index contributed by atoms with van der Waals surface area (Å²) in [5.41, 5.74) is 4.60. The highest BCUT2D eigenvalue weighted by atomic mass is 35.5. The van der Waals surface area contributed by atoms with Gasteiger partial charge in [0.15, 0.2) is 5.69 Å². The van der Waals surface area contributed by atoms with Gasteiger partial charge >= 0.3 is 0 Å². The van der Waals surface area contributed by atoms with Gasteiger partial charge in [-0.2, -0.15) is 0 Å². The van der Waals surface area contributed by atoms with Crippen LogP contribution in [0.5, 0.6) is 0 Å². The summed E-state index contributed by atoms with van der Waals surface area (Å²) in [6, 6.07) is 11.5. The van der Waals surface area contributed by atoms with Crippen LogP contribution in [-0.2, 0) is 20.1 Å². The molecule has 0 radical (unpaired) electrons. The zero-order valence-corrected chi connectivity index (χ0v) is 24.3. The van der Waals surface area contributed by atoms with Gasteiger partial charge in [0.1, 0.15) is 11.0 Å². The normalized spacial score (nSPS) is 13.6. The van der Waals surface area contributed by atoms with Gasteiger partial charge in [0.2, 0.25) is 5.95 Å². The first-order valence-corrected chi connectivity index (χ1v) is 13.8. The van der Waals surface area contributed by atoms with Gasteiger partial charge in [0.25, 0.3) is 11.5 Å². The number of benzene rings is 2. The van der Waals surface area contributed by atoms with Gasteiger partial charge in [-0.1, -0.05) is 23.7 Å². The monoisotopic (exact) mass is 581 g/mol. The lowest BCUT2D eigenvalue weighted by Crippen LogP contribution is -2.28. The third kappa shape index (κ3) is 5.49. The second-order valence-corrected chi connectivity index (χ2v) is 11.5. The molecule has 0 saturated carbocycles. The Morgan fingerprint density at radius 3 is 2.62 bits per heavy atom. The molecule has 0 fully saturated rings. The molecule has 1 atom stereocenters. The van der Waals surface area contributed by atoms with Gasteiger partial charge in [-0.25, -0.2) is 18.7 Å². The number of aromatic nitrogens is 3. The third-order valence-electron chi connectivity index (χ3n) is 6.74. The number of carbonyl (C=O) groups excluding carboxylic acids is 1. The highest BCUT2D eigenvalue weighted by Gasteiger charge is 2.25. The van der Waals surface area contributed by atoms with Crippen molar-refractivity contribution >= 4 is 52.2 Å². The van der Waals surface area contributed by atoms with Crippen LogP contribution in [0, 0.1) is 12.7 Å². The van der Waals surface area contributed by atoms with Crippen LogP contribution in [0.15, 0.2) is 47.3 Å². The highest BCUT2D eigenvalue weighted by Crippen LogP contribution is 2.31. The Morgan fingerprint density at radius 2 is 1.88 bits per heavy atom. The van der Waals surface area contributed by atoms with Crippen molar-refractivity contribution in [1.82, 2.24) is 23.6 Å². The van der Waals surface area contributed by atoms with Crippen molar-refractivity contribution in [1.29, 1.82) is 0 Å². The Morgan fingerprint density at radius 1 is 1.12 bits per heavy atom. The van der Waals surface area contributed by atoms with E-state index < -0.39 is 5.91 Å². The molecule has 1 aliphatic rings. The number of hydrogen-bond acceptors (Lipinski definition) is 8. The average Bonchev–Trinajstić information content (AvgIpc) is 3.33. The van der Waals surface area contributed by atoms with Crippen molar-refractivity contribution in [3.63, 3.8) is 0 Å². The molecular weight excluding hydrogens is 553 g/mol. The van der Waals surface area contributed by atoms with E-state index in [4.69, 9.17) is 16.6 Å². The first-order chi connectivity index (χ1) is 19.0. The maximum atomic E-state index is 13.8. The minimum absolute atomic E-state index is 0.150. The van der Waals surface area contributed by atoms with E-state index in [0.29, 0.717) is 35.6 Å². The lowest BCUT2D eigenvalue weighted by Gasteiger charge is -2.23. The Bertz CT molecular complexity index is 1690. The van der Waals surface area contributed by atoms with E-state index in [2.05, 4.69) is 15.0 Å². The van der Waals surface area contributed by atoms with Crippen LogP contribution in [0.1, 0.15) is 45.7 Å². The van der Waals surface area contributed by atoms with Crippen LogP contribution in [-0.4, -0.2) is 38.8 Å². The standard InChI is InChI=1S/C28H29ClFN7O2S/c1-15-10-20(16(2)31-22-8-9-23(29)32-25(22)26(38)34-40-35(3)4)24-21(11-15)27(39)36(5)28(33-24)37-13-17-6-7-19(30)12-18(17)14-37/h6-12,16,31H,13-14H2,1-5H3,(H,34,38). The van der Waals surface area contributed by atoms with E-state index in [1.165, 1.54) is 12.1 Å². The molecule has 2 aromatic heterocycles. The minimum atomic E-state index is -0.399. The number of fused-ring (bicyclic) bond motifs is 2. The SMILES string of the molecule is Cc1cc(C(C)Nc2ccc(Cl)nc2C(=O)NSN(C)C)c2nc(N3Cc4ccc(F)cc4C3)n(C)c(=O)c2c1. The molecule has 2 aromatic carbocycles. The fraction of sp³-hybridized carbons (Fsp3) is 0.286. The molecule has 40 heavy (non-hydrogen) atoms. The van der Waals surface area contributed by atoms with Crippen LogP contribution < -0.4 is 20.5 Å². The number of anilines is 2. The Hall–Kier alpha value is -3.67. The van der Waals surface area contributed by atoms with Crippen LogP contribution >= 0.6 is 23.7 Å². The van der Waals surface area contributed by atoms with Crippen LogP contribution in [0.25, 0.3) is 10.9 Å². The van der Waals surface area contributed by atoms with Crippen molar-refractivity contribution in [3.8, 4) is 0 Å². The summed E-state index contributed by atoms with van der Waals surface area (Å²) in [5.74, 6) is -0.187. The van der Waals surface area contributed by atoms with E-state index in [9.17, 15) is 14.0 Å². The summed E-state index contributed by atoms with van der Waals surface area (Å²) in [5, 5.41) is 4.06. The molecule has 1 amide bonds. The lowest BCUT2D eigenvalue weighted by atomic mass is 10.0. The molecule has 0 spiro atoms. The molecule has 0 bridgehead atoms.